The zero-order valence-electron chi connectivity index (χ0n) is 33.6. The van der Waals surface area contributed by atoms with Crippen molar-refractivity contribution in [2.45, 2.75) is 27.7 Å². The molecular weight excluding hydrogens is 749 g/mol. The van der Waals surface area contributed by atoms with Crippen molar-refractivity contribution in [3.63, 3.8) is 0 Å². The van der Waals surface area contributed by atoms with E-state index in [-0.39, 0.29) is 23.6 Å². The predicted molar refractivity (Wildman–Crippen MR) is 243 cm³/mol. The minimum Gasteiger partial charge on any atom is -0.399 e. The number of hydrogen-bond acceptors (Lipinski definition) is 6. The van der Waals surface area contributed by atoms with Crippen LogP contribution in [-0.4, -0.2) is 23.6 Å². The van der Waals surface area contributed by atoms with Gasteiger partial charge in [-0.15, -0.1) is 0 Å². The van der Waals surface area contributed by atoms with Crippen LogP contribution >= 0.6 is 0 Å². The van der Waals surface area contributed by atoms with Gasteiger partial charge in [0.1, 0.15) is 0 Å². The zero-order valence-corrected chi connectivity index (χ0v) is 33.6. The summed E-state index contributed by atoms with van der Waals surface area (Å²) in [5.74, 6) is -1.14. The molecule has 0 fully saturated rings. The highest BCUT2D eigenvalue weighted by Crippen LogP contribution is 2.32. The molecule has 60 heavy (non-hydrogen) atoms. The number of carbonyl (C=O) groups is 4. The lowest BCUT2D eigenvalue weighted by Crippen LogP contribution is -2.15. The maximum atomic E-state index is 13.4. The largest absolute Gasteiger partial charge is 0.399 e. The van der Waals surface area contributed by atoms with Crippen molar-refractivity contribution in [3.8, 4) is 22.3 Å². The molecule has 7 aromatic rings. The molecule has 0 saturated carbocycles. The van der Waals surface area contributed by atoms with Crippen LogP contribution in [0.1, 0.15) is 63.7 Å². The van der Waals surface area contributed by atoms with Gasteiger partial charge < -0.3 is 32.7 Å². The summed E-state index contributed by atoms with van der Waals surface area (Å²) in [6, 6.07) is 43.0. The van der Waals surface area contributed by atoms with Gasteiger partial charge in [0.05, 0.1) is 0 Å². The lowest BCUT2D eigenvalue weighted by molar-refractivity contribution is 0.101. The number of amides is 4. The van der Waals surface area contributed by atoms with E-state index >= 15 is 0 Å². The molecule has 7 rings (SSSR count). The molecule has 10 nitrogen and oxygen atoms in total. The molecule has 0 bridgehead atoms. The summed E-state index contributed by atoms with van der Waals surface area (Å²) in [5, 5.41) is 11.8. The standard InChI is InChI=1S/C50H44N6O4/c1-29-24-39(53-47(57)33-8-12-37(51)13-9-33)16-20-43(29)45-22-18-41(26-31(45)3)55-49(59)35-6-5-7-36(28-35)50(60)56-42-19-23-46(32(4)27-42)44-21-17-40(25-30(44)2)54-48(58)34-10-14-38(52)15-11-34/h5-28H,51-52H2,1-4H3,(H,53,57)(H,54,58)(H,55,59)(H,56,60). The second kappa shape index (κ2) is 17.3. The van der Waals surface area contributed by atoms with E-state index in [2.05, 4.69) is 21.3 Å². The predicted octanol–water partition coefficient (Wildman–Crippen LogP) is 10.4. The van der Waals surface area contributed by atoms with Gasteiger partial charge in [-0.25, -0.2) is 0 Å². The number of nitrogen functional groups attached to an aromatic ring is 2. The highest BCUT2D eigenvalue weighted by atomic mass is 16.2. The molecule has 7 aromatic carbocycles. The Balaban J connectivity index is 0.970. The van der Waals surface area contributed by atoms with E-state index in [0.717, 1.165) is 44.5 Å². The Bertz CT molecular complexity index is 2610. The number of anilines is 6. The first kappa shape index (κ1) is 40.2. The molecule has 0 atom stereocenters. The van der Waals surface area contributed by atoms with E-state index in [0.29, 0.717) is 56.4 Å². The van der Waals surface area contributed by atoms with Gasteiger partial charge in [0.15, 0.2) is 0 Å². The van der Waals surface area contributed by atoms with Crippen molar-refractivity contribution in [1.82, 2.24) is 0 Å². The Hall–Kier alpha value is -7.98. The quantitative estimate of drug-likeness (QED) is 0.0754. The van der Waals surface area contributed by atoms with Crippen LogP contribution in [0.3, 0.4) is 0 Å². The molecule has 0 aliphatic heterocycles. The van der Waals surface area contributed by atoms with Crippen molar-refractivity contribution in [1.29, 1.82) is 0 Å². The first-order chi connectivity index (χ1) is 28.8. The van der Waals surface area contributed by atoms with Crippen molar-refractivity contribution < 1.29 is 19.2 Å². The zero-order chi connectivity index (χ0) is 42.5. The minimum atomic E-state index is -0.347. The van der Waals surface area contributed by atoms with Gasteiger partial charge in [-0.1, -0.05) is 30.3 Å². The smallest absolute Gasteiger partial charge is 0.255 e. The number of nitrogens with one attached hydrogen (secondary N) is 4. The average molecular weight is 793 g/mol. The van der Waals surface area contributed by atoms with Gasteiger partial charge in [-0.2, -0.15) is 0 Å². The molecule has 298 valence electrons. The Morgan fingerprint density at radius 3 is 0.867 bits per heavy atom. The number of benzene rings is 7. The highest BCUT2D eigenvalue weighted by Gasteiger charge is 2.15. The van der Waals surface area contributed by atoms with Crippen LogP contribution < -0.4 is 32.7 Å². The molecule has 0 spiro atoms. The topological polar surface area (TPSA) is 168 Å². The van der Waals surface area contributed by atoms with E-state index in [4.69, 9.17) is 11.5 Å². The Kier molecular flexibility index (Phi) is 11.6. The van der Waals surface area contributed by atoms with Gasteiger partial charge in [-0.3, -0.25) is 19.2 Å². The Morgan fingerprint density at radius 2 is 0.600 bits per heavy atom. The van der Waals surface area contributed by atoms with Gasteiger partial charge in [0, 0.05) is 56.4 Å². The van der Waals surface area contributed by atoms with Gasteiger partial charge in [0.2, 0.25) is 0 Å². The summed E-state index contributed by atoms with van der Waals surface area (Å²) in [5.41, 5.74) is 24.8. The van der Waals surface area contributed by atoms with Crippen molar-refractivity contribution in [2.24, 2.45) is 0 Å². The summed E-state index contributed by atoms with van der Waals surface area (Å²) in [6.07, 6.45) is 0. The molecule has 0 aliphatic carbocycles. The molecule has 8 N–H and O–H groups in total. The fourth-order valence-corrected chi connectivity index (χ4v) is 7.06. The summed E-state index contributed by atoms with van der Waals surface area (Å²) in [7, 11) is 0. The van der Waals surface area contributed by atoms with Gasteiger partial charge in [-0.05, 0) is 187 Å². The third kappa shape index (κ3) is 9.25. The van der Waals surface area contributed by atoms with E-state index in [1.807, 2.05) is 100 Å². The first-order valence-corrected chi connectivity index (χ1v) is 19.3. The molecule has 0 aliphatic rings. The normalized spacial score (nSPS) is 10.7. The molecule has 0 saturated heterocycles. The Labute approximate surface area is 348 Å². The molecule has 0 radical (unpaired) electrons. The maximum absolute atomic E-state index is 13.4. The van der Waals surface area contributed by atoms with Crippen LogP contribution in [0.5, 0.6) is 0 Å². The lowest BCUT2D eigenvalue weighted by Gasteiger charge is -2.14. The van der Waals surface area contributed by atoms with Gasteiger partial charge in [0.25, 0.3) is 23.6 Å². The van der Waals surface area contributed by atoms with Crippen LogP contribution in [0.2, 0.25) is 0 Å². The first-order valence-electron chi connectivity index (χ1n) is 19.3. The fourth-order valence-electron chi connectivity index (χ4n) is 7.06. The Morgan fingerprint density at radius 1 is 0.333 bits per heavy atom. The monoisotopic (exact) mass is 792 g/mol. The molecule has 0 heterocycles. The van der Waals surface area contributed by atoms with Crippen LogP contribution in [0.4, 0.5) is 34.1 Å². The summed E-state index contributed by atoms with van der Waals surface area (Å²) >= 11 is 0. The molecule has 0 unspecified atom stereocenters. The summed E-state index contributed by atoms with van der Waals surface area (Å²) < 4.78 is 0. The molecule has 0 aromatic heterocycles. The summed E-state index contributed by atoms with van der Waals surface area (Å²) in [6.45, 7) is 7.92. The van der Waals surface area contributed by atoms with Crippen LogP contribution in [-0.2, 0) is 0 Å². The SMILES string of the molecule is Cc1cc(NC(=O)c2ccc(N)cc2)ccc1-c1ccc(NC(=O)c2cccc(C(=O)Nc3ccc(-c4ccc(NC(=O)c5ccc(N)cc5)cc4C)c(C)c3)c2)cc1C. The van der Waals surface area contributed by atoms with Crippen molar-refractivity contribution in [2.75, 3.05) is 32.7 Å². The van der Waals surface area contributed by atoms with Crippen molar-refractivity contribution in [3.05, 3.63) is 190 Å². The maximum Gasteiger partial charge on any atom is 0.255 e. The van der Waals surface area contributed by atoms with E-state index < -0.39 is 0 Å². The highest BCUT2D eigenvalue weighted by molar-refractivity contribution is 6.09. The van der Waals surface area contributed by atoms with E-state index in [9.17, 15) is 19.2 Å². The van der Waals surface area contributed by atoms with Crippen molar-refractivity contribution >= 4 is 57.8 Å². The number of carbonyl (C=O) groups excluding carboxylic acids is 4. The average Bonchev–Trinajstić information content (AvgIpc) is 3.22. The van der Waals surface area contributed by atoms with Crippen LogP contribution in [0.25, 0.3) is 22.3 Å². The number of hydrogen-bond donors (Lipinski definition) is 6. The van der Waals surface area contributed by atoms with E-state index in [1.165, 1.54) is 0 Å². The summed E-state index contributed by atoms with van der Waals surface area (Å²) in [4.78, 5) is 52.2. The molecular formula is C50H44N6O4. The van der Waals surface area contributed by atoms with Gasteiger partial charge >= 0.3 is 0 Å². The van der Waals surface area contributed by atoms with E-state index in [1.54, 1.807) is 72.8 Å². The minimum absolute atomic E-state index is 0.221. The second-order valence-corrected chi connectivity index (χ2v) is 14.8. The number of aryl methyl sites for hydroxylation is 4. The number of nitrogens with two attached hydrogens (primary N) is 2. The molecule has 4 amide bonds. The second-order valence-electron chi connectivity index (χ2n) is 14.8. The third-order valence-corrected chi connectivity index (χ3v) is 10.3. The fraction of sp³-hybridized carbons (Fsp3) is 0.0800. The molecule has 10 heteroatoms. The van der Waals surface area contributed by atoms with Crippen LogP contribution in [0, 0.1) is 27.7 Å². The third-order valence-electron chi connectivity index (χ3n) is 10.3. The van der Waals surface area contributed by atoms with Crippen LogP contribution in [0.15, 0.2) is 146 Å². The number of rotatable bonds is 10. The lowest BCUT2D eigenvalue weighted by atomic mass is 9.95.